The first-order valence-corrected chi connectivity index (χ1v) is 7.05. The Morgan fingerprint density at radius 3 is 2.40 bits per heavy atom. The quantitative estimate of drug-likeness (QED) is 0.795. The lowest BCUT2D eigenvalue weighted by molar-refractivity contribution is -0.113. The molecule has 0 aromatic heterocycles. The molecule has 1 amide bonds. The molecule has 1 aliphatic carbocycles. The molecule has 0 saturated heterocycles. The predicted octanol–water partition coefficient (Wildman–Crippen LogP) is 3.79. The van der Waals surface area contributed by atoms with Gasteiger partial charge >= 0.3 is 0 Å². The van der Waals surface area contributed by atoms with Crippen molar-refractivity contribution in [2.75, 3.05) is 5.32 Å². The topological polar surface area (TPSA) is 49.3 Å². The van der Waals surface area contributed by atoms with Gasteiger partial charge in [-0.2, -0.15) is 0 Å². The second-order valence-corrected chi connectivity index (χ2v) is 6.28. The van der Waals surface area contributed by atoms with Crippen LogP contribution in [0, 0.1) is 0 Å². The Morgan fingerprint density at radius 1 is 1.20 bits per heavy atom. The molecule has 0 fully saturated rings. The van der Waals surface area contributed by atoms with Crippen molar-refractivity contribution in [1.82, 2.24) is 0 Å². The summed E-state index contributed by atoms with van der Waals surface area (Å²) in [6.07, 6.45) is -0.236. The van der Waals surface area contributed by atoms with Crippen LogP contribution in [0.3, 0.4) is 0 Å². The third kappa shape index (κ3) is 2.97. The van der Waals surface area contributed by atoms with Crippen molar-refractivity contribution >= 4 is 58.0 Å². The van der Waals surface area contributed by atoms with Gasteiger partial charge in [0.15, 0.2) is 4.33 Å². The van der Waals surface area contributed by atoms with Gasteiger partial charge in [-0.05, 0) is 18.2 Å². The minimum Gasteiger partial charge on any atom is -0.385 e. The summed E-state index contributed by atoms with van der Waals surface area (Å²) in [5, 5.41) is 12.6. The maximum Gasteiger partial charge on any atom is 0.254 e. The highest BCUT2D eigenvalue weighted by Crippen LogP contribution is 2.45. The number of allylic oxidation sites excluding steroid dienone is 2. The fourth-order valence-electron chi connectivity index (χ4n) is 1.67. The first-order valence-electron chi connectivity index (χ1n) is 5.53. The summed E-state index contributed by atoms with van der Waals surface area (Å²) in [6, 6.07) is 8.74. The molecule has 20 heavy (non-hydrogen) atoms. The van der Waals surface area contributed by atoms with E-state index >= 15 is 0 Å². The molecular weight excluding hydrogens is 344 g/mol. The average Bonchev–Trinajstić information content (AvgIpc) is 2.42. The predicted molar refractivity (Wildman–Crippen MR) is 82.3 cm³/mol. The molecule has 106 valence electrons. The van der Waals surface area contributed by atoms with E-state index < -0.39 is 16.3 Å². The van der Waals surface area contributed by atoms with E-state index in [4.69, 9.17) is 46.4 Å². The van der Waals surface area contributed by atoms with Crippen LogP contribution in [-0.4, -0.2) is 21.5 Å². The number of para-hydroxylation sites is 1. The van der Waals surface area contributed by atoms with Crippen LogP contribution >= 0.6 is 46.4 Å². The van der Waals surface area contributed by atoms with Crippen LogP contribution in [-0.2, 0) is 4.79 Å². The lowest BCUT2D eigenvalue weighted by atomic mass is 9.99. The Balaban J connectivity index is 2.29. The number of nitrogens with one attached hydrogen (secondary N) is 1. The summed E-state index contributed by atoms with van der Waals surface area (Å²) in [5.74, 6) is -0.559. The van der Waals surface area contributed by atoms with Crippen LogP contribution in [0.1, 0.15) is 0 Å². The Hall–Kier alpha value is -0.710. The van der Waals surface area contributed by atoms with Crippen LogP contribution in [0.2, 0.25) is 0 Å². The fourth-order valence-corrected chi connectivity index (χ4v) is 2.63. The van der Waals surface area contributed by atoms with E-state index in [-0.39, 0.29) is 15.6 Å². The summed E-state index contributed by atoms with van der Waals surface area (Å²) < 4.78 is -1.85. The number of halogens is 4. The van der Waals surface area contributed by atoms with E-state index in [1.165, 1.54) is 6.08 Å². The second-order valence-electron chi connectivity index (χ2n) is 4.11. The Morgan fingerprint density at radius 2 is 1.80 bits per heavy atom. The van der Waals surface area contributed by atoms with Gasteiger partial charge in [0.05, 0.1) is 15.6 Å². The highest BCUT2D eigenvalue weighted by Gasteiger charge is 2.45. The molecule has 0 radical (unpaired) electrons. The van der Waals surface area contributed by atoms with Gasteiger partial charge in [0.2, 0.25) is 0 Å². The van der Waals surface area contributed by atoms with Gasteiger partial charge in [-0.25, -0.2) is 0 Å². The monoisotopic (exact) mass is 351 g/mol. The van der Waals surface area contributed by atoms with Crippen LogP contribution < -0.4 is 5.32 Å². The van der Waals surface area contributed by atoms with Gasteiger partial charge in [-0.15, -0.1) is 0 Å². The lowest BCUT2D eigenvalue weighted by Gasteiger charge is -2.30. The lowest BCUT2D eigenvalue weighted by Crippen LogP contribution is -2.40. The highest BCUT2D eigenvalue weighted by molar-refractivity contribution is 6.59. The van der Waals surface area contributed by atoms with Crippen molar-refractivity contribution in [3.05, 3.63) is 52.0 Å². The largest absolute Gasteiger partial charge is 0.385 e. The minimum absolute atomic E-state index is 0.0141. The number of benzene rings is 1. The zero-order chi connectivity index (χ0) is 14.9. The van der Waals surface area contributed by atoms with Crippen molar-refractivity contribution in [3.8, 4) is 0 Å². The molecule has 2 N–H and O–H groups in total. The van der Waals surface area contributed by atoms with Crippen molar-refractivity contribution in [3.63, 3.8) is 0 Å². The number of amides is 1. The number of rotatable bonds is 2. The zero-order valence-electron chi connectivity index (χ0n) is 9.91. The Kier molecular flexibility index (Phi) is 4.67. The van der Waals surface area contributed by atoms with Crippen LogP contribution in [0.15, 0.2) is 52.0 Å². The standard InChI is InChI=1S/C13H9Cl4NO2/c14-9-6-8(11(19)13(16,17)10(9)15)12(20)18-7-4-2-1-3-5-7/h1-6,11,19H,(H,18,20). The summed E-state index contributed by atoms with van der Waals surface area (Å²) >= 11 is 23.6. The molecule has 1 unspecified atom stereocenters. The number of aliphatic hydroxyl groups excluding tert-OH is 1. The van der Waals surface area contributed by atoms with Crippen LogP contribution in [0.4, 0.5) is 5.69 Å². The van der Waals surface area contributed by atoms with Crippen molar-refractivity contribution in [2.45, 2.75) is 10.4 Å². The Bertz CT molecular complexity index is 596. The number of carbonyl (C=O) groups excluding carboxylic acids is 1. The highest BCUT2D eigenvalue weighted by atomic mass is 35.5. The van der Waals surface area contributed by atoms with Gasteiger partial charge in [0.25, 0.3) is 5.91 Å². The van der Waals surface area contributed by atoms with E-state index in [0.717, 1.165) is 0 Å². The van der Waals surface area contributed by atoms with E-state index in [1.807, 2.05) is 6.07 Å². The number of hydrogen-bond acceptors (Lipinski definition) is 2. The smallest absolute Gasteiger partial charge is 0.254 e. The maximum atomic E-state index is 12.1. The maximum absolute atomic E-state index is 12.1. The van der Waals surface area contributed by atoms with E-state index in [9.17, 15) is 9.90 Å². The number of hydrogen-bond donors (Lipinski definition) is 2. The first-order chi connectivity index (χ1) is 9.34. The van der Waals surface area contributed by atoms with Gasteiger partial charge < -0.3 is 10.4 Å². The average molecular weight is 353 g/mol. The summed E-state index contributed by atoms with van der Waals surface area (Å²) in [7, 11) is 0. The minimum atomic E-state index is -1.85. The second kappa shape index (κ2) is 5.96. The summed E-state index contributed by atoms with van der Waals surface area (Å²) in [4.78, 5) is 12.1. The molecule has 1 aromatic carbocycles. The van der Waals surface area contributed by atoms with E-state index in [1.54, 1.807) is 24.3 Å². The molecule has 0 bridgehead atoms. The molecule has 0 heterocycles. The summed E-state index contributed by atoms with van der Waals surface area (Å²) in [5.41, 5.74) is 0.505. The van der Waals surface area contributed by atoms with E-state index in [2.05, 4.69) is 5.32 Å². The molecule has 0 saturated carbocycles. The van der Waals surface area contributed by atoms with Gasteiger partial charge in [-0.3, -0.25) is 4.79 Å². The normalized spacial score (nSPS) is 21.4. The molecule has 7 heteroatoms. The van der Waals surface area contributed by atoms with Gasteiger partial charge in [0.1, 0.15) is 6.10 Å². The summed E-state index contributed by atoms with van der Waals surface area (Å²) in [6.45, 7) is 0. The van der Waals surface area contributed by atoms with Crippen molar-refractivity contribution in [1.29, 1.82) is 0 Å². The third-order valence-electron chi connectivity index (χ3n) is 2.72. The molecule has 3 nitrogen and oxygen atoms in total. The van der Waals surface area contributed by atoms with Crippen molar-refractivity contribution < 1.29 is 9.90 Å². The first kappa shape index (κ1) is 15.7. The molecule has 1 aromatic rings. The molecule has 2 rings (SSSR count). The molecule has 0 spiro atoms. The SMILES string of the molecule is O=C(Nc1ccccc1)C1=CC(Cl)=C(Cl)C(Cl)(Cl)C1O. The molecule has 1 aliphatic rings. The van der Waals surface area contributed by atoms with Gasteiger partial charge in [-0.1, -0.05) is 64.6 Å². The number of carbonyl (C=O) groups is 1. The van der Waals surface area contributed by atoms with Gasteiger partial charge in [0, 0.05) is 5.69 Å². The Labute approximate surface area is 135 Å². The van der Waals surface area contributed by atoms with E-state index in [0.29, 0.717) is 5.69 Å². The number of aliphatic hydroxyl groups is 1. The zero-order valence-corrected chi connectivity index (χ0v) is 12.9. The number of alkyl halides is 2. The molecule has 1 atom stereocenters. The fraction of sp³-hybridized carbons (Fsp3) is 0.154. The molecular formula is C13H9Cl4NO2. The van der Waals surface area contributed by atoms with Crippen LogP contribution in [0.5, 0.6) is 0 Å². The number of anilines is 1. The molecule has 0 aliphatic heterocycles. The van der Waals surface area contributed by atoms with Crippen molar-refractivity contribution in [2.24, 2.45) is 0 Å². The third-order valence-corrected chi connectivity index (χ3v) is 4.60. The van der Waals surface area contributed by atoms with Crippen LogP contribution in [0.25, 0.3) is 0 Å².